The van der Waals surface area contributed by atoms with E-state index in [-0.39, 0.29) is 16.6 Å². The Morgan fingerprint density at radius 1 is 1.42 bits per heavy atom. The predicted molar refractivity (Wildman–Crippen MR) is 79.1 cm³/mol. The molecule has 3 heteroatoms. The van der Waals surface area contributed by atoms with E-state index in [4.69, 9.17) is 4.74 Å². The van der Waals surface area contributed by atoms with Gasteiger partial charge < -0.3 is 4.74 Å². The Morgan fingerprint density at radius 2 is 2.05 bits per heavy atom. The standard InChI is InChI=1S/C16H20O2S/c1-5-11-16(14(17)18-4)13(15(16,2)3)19-12-9-7-6-8-10-12/h5-10,13H,1,11H2,2-4H3/t13-,16+/m1/s1. The van der Waals surface area contributed by atoms with E-state index in [0.29, 0.717) is 6.42 Å². The van der Waals surface area contributed by atoms with Gasteiger partial charge in [-0.3, -0.25) is 4.79 Å². The van der Waals surface area contributed by atoms with Crippen LogP contribution in [0.5, 0.6) is 0 Å². The molecule has 19 heavy (non-hydrogen) atoms. The van der Waals surface area contributed by atoms with Gasteiger partial charge >= 0.3 is 5.97 Å². The highest BCUT2D eigenvalue weighted by molar-refractivity contribution is 8.00. The van der Waals surface area contributed by atoms with Crippen molar-refractivity contribution in [2.24, 2.45) is 10.8 Å². The van der Waals surface area contributed by atoms with E-state index in [1.54, 1.807) is 11.8 Å². The molecule has 0 heterocycles. The Balaban J connectivity index is 2.26. The summed E-state index contributed by atoms with van der Waals surface area (Å²) in [5.74, 6) is -0.120. The fourth-order valence-electron chi connectivity index (χ4n) is 2.92. The van der Waals surface area contributed by atoms with Crippen LogP contribution in [-0.2, 0) is 9.53 Å². The third kappa shape index (κ3) is 2.10. The van der Waals surface area contributed by atoms with Crippen LogP contribution >= 0.6 is 11.8 Å². The second-order valence-corrected chi connectivity index (χ2v) is 6.67. The quantitative estimate of drug-likeness (QED) is 0.602. The Labute approximate surface area is 119 Å². The third-order valence-corrected chi connectivity index (χ3v) is 5.95. The third-order valence-electron chi connectivity index (χ3n) is 4.18. The Hall–Kier alpha value is -1.22. The summed E-state index contributed by atoms with van der Waals surface area (Å²) in [6.45, 7) is 8.06. The first-order valence-electron chi connectivity index (χ1n) is 6.41. The molecule has 2 atom stereocenters. The van der Waals surface area contributed by atoms with Gasteiger partial charge in [-0.1, -0.05) is 38.1 Å². The summed E-state index contributed by atoms with van der Waals surface area (Å²) in [5, 5.41) is 0.229. The molecule has 0 amide bonds. The molecular formula is C16H20O2S. The number of rotatable bonds is 5. The molecule has 0 saturated heterocycles. The van der Waals surface area contributed by atoms with Crippen LogP contribution in [-0.4, -0.2) is 18.3 Å². The normalized spacial score (nSPS) is 27.6. The first kappa shape index (κ1) is 14.2. The number of carbonyl (C=O) groups is 1. The summed E-state index contributed by atoms with van der Waals surface area (Å²) < 4.78 is 5.03. The van der Waals surface area contributed by atoms with E-state index in [2.05, 4.69) is 32.6 Å². The van der Waals surface area contributed by atoms with Crippen molar-refractivity contribution in [1.82, 2.24) is 0 Å². The van der Waals surface area contributed by atoms with Crippen molar-refractivity contribution >= 4 is 17.7 Å². The fourth-order valence-corrected chi connectivity index (χ4v) is 4.64. The molecule has 1 aromatic rings. The SMILES string of the molecule is C=CC[C@@]1(C(=O)OC)[C@H](Sc2ccccc2)C1(C)C. The van der Waals surface area contributed by atoms with E-state index in [1.807, 2.05) is 24.3 Å². The Bertz CT molecular complexity index is 481. The van der Waals surface area contributed by atoms with Gasteiger partial charge in [0.25, 0.3) is 0 Å². The molecule has 0 unspecified atom stereocenters. The lowest BCUT2D eigenvalue weighted by Gasteiger charge is -2.15. The van der Waals surface area contributed by atoms with E-state index >= 15 is 0 Å². The van der Waals surface area contributed by atoms with E-state index < -0.39 is 5.41 Å². The van der Waals surface area contributed by atoms with Crippen molar-refractivity contribution < 1.29 is 9.53 Å². The topological polar surface area (TPSA) is 26.3 Å². The highest BCUT2D eigenvalue weighted by Gasteiger charge is 2.75. The van der Waals surface area contributed by atoms with Gasteiger partial charge in [0.1, 0.15) is 0 Å². The van der Waals surface area contributed by atoms with Gasteiger partial charge in [-0.05, 0) is 24.0 Å². The number of hydrogen-bond acceptors (Lipinski definition) is 3. The second kappa shape index (κ2) is 5.04. The number of hydrogen-bond donors (Lipinski definition) is 0. The maximum absolute atomic E-state index is 12.2. The summed E-state index contributed by atoms with van der Waals surface area (Å²) >= 11 is 1.76. The summed E-state index contributed by atoms with van der Waals surface area (Å²) in [4.78, 5) is 13.4. The predicted octanol–water partition coefficient (Wildman–Crippen LogP) is 3.92. The van der Waals surface area contributed by atoms with Crippen LogP contribution in [0.2, 0.25) is 0 Å². The molecule has 0 aromatic heterocycles. The van der Waals surface area contributed by atoms with Gasteiger partial charge in [-0.15, -0.1) is 18.3 Å². The second-order valence-electron chi connectivity index (χ2n) is 5.49. The zero-order chi connectivity index (χ0) is 14.1. The van der Waals surface area contributed by atoms with Crippen LogP contribution in [0.15, 0.2) is 47.9 Å². The van der Waals surface area contributed by atoms with E-state index in [9.17, 15) is 4.79 Å². The smallest absolute Gasteiger partial charge is 0.313 e. The highest BCUT2D eigenvalue weighted by atomic mass is 32.2. The monoisotopic (exact) mass is 276 g/mol. The van der Waals surface area contributed by atoms with Crippen molar-refractivity contribution in [3.8, 4) is 0 Å². The van der Waals surface area contributed by atoms with Gasteiger partial charge in [0.2, 0.25) is 0 Å². The maximum atomic E-state index is 12.2. The fraction of sp³-hybridized carbons (Fsp3) is 0.438. The highest BCUT2D eigenvalue weighted by Crippen LogP contribution is 2.72. The first-order valence-corrected chi connectivity index (χ1v) is 7.29. The minimum Gasteiger partial charge on any atom is -0.469 e. The zero-order valence-corrected chi connectivity index (χ0v) is 12.5. The van der Waals surface area contributed by atoms with Crippen LogP contribution in [0.1, 0.15) is 20.3 Å². The van der Waals surface area contributed by atoms with Gasteiger partial charge in [0.15, 0.2) is 0 Å². The molecular weight excluding hydrogens is 256 g/mol. The minimum absolute atomic E-state index is 0.0746. The molecule has 1 aliphatic rings. The summed E-state index contributed by atoms with van der Waals surface area (Å²) in [7, 11) is 1.46. The minimum atomic E-state index is -0.440. The first-order chi connectivity index (χ1) is 9.00. The molecule has 0 aliphatic heterocycles. The number of thioether (sulfide) groups is 1. The van der Waals surface area contributed by atoms with Crippen molar-refractivity contribution in [3.05, 3.63) is 43.0 Å². The van der Waals surface area contributed by atoms with Crippen molar-refractivity contribution in [1.29, 1.82) is 0 Å². The van der Waals surface area contributed by atoms with Crippen LogP contribution in [0, 0.1) is 10.8 Å². The Morgan fingerprint density at radius 3 is 2.58 bits per heavy atom. The average molecular weight is 276 g/mol. The van der Waals surface area contributed by atoms with Gasteiger partial charge in [-0.25, -0.2) is 0 Å². The largest absolute Gasteiger partial charge is 0.469 e. The molecule has 2 rings (SSSR count). The maximum Gasteiger partial charge on any atom is 0.313 e. The molecule has 102 valence electrons. The molecule has 1 saturated carbocycles. The molecule has 1 fully saturated rings. The number of benzene rings is 1. The van der Waals surface area contributed by atoms with Gasteiger partial charge in [-0.2, -0.15) is 0 Å². The van der Waals surface area contributed by atoms with E-state index in [1.165, 1.54) is 12.0 Å². The molecule has 1 aromatic carbocycles. The van der Waals surface area contributed by atoms with Crippen molar-refractivity contribution in [2.45, 2.75) is 30.4 Å². The van der Waals surface area contributed by atoms with Crippen LogP contribution in [0.25, 0.3) is 0 Å². The number of esters is 1. The van der Waals surface area contributed by atoms with Crippen LogP contribution < -0.4 is 0 Å². The van der Waals surface area contributed by atoms with Crippen molar-refractivity contribution in [3.63, 3.8) is 0 Å². The van der Waals surface area contributed by atoms with Crippen LogP contribution in [0.3, 0.4) is 0 Å². The molecule has 1 aliphatic carbocycles. The molecule has 0 radical (unpaired) electrons. The Kier molecular flexibility index (Phi) is 3.77. The summed E-state index contributed by atoms with van der Waals surface area (Å²) in [6.07, 6.45) is 2.49. The molecule has 2 nitrogen and oxygen atoms in total. The van der Waals surface area contributed by atoms with Crippen LogP contribution in [0.4, 0.5) is 0 Å². The number of carbonyl (C=O) groups excluding carboxylic acids is 1. The molecule has 0 bridgehead atoms. The average Bonchev–Trinajstić information content (AvgIpc) is 2.87. The number of methoxy groups -OCH3 is 1. The van der Waals surface area contributed by atoms with Crippen molar-refractivity contribution in [2.75, 3.05) is 7.11 Å². The number of allylic oxidation sites excluding steroid dienone is 1. The summed E-state index contributed by atoms with van der Waals surface area (Å²) in [5.41, 5.74) is -0.515. The number of ether oxygens (including phenoxy) is 1. The molecule has 0 N–H and O–H groups in total. The van der Waals surface area contributed by atoms with E-state index in [0.717, 1.165) is 0 Å². The summed E-state index contributed by atoms with van der Waals surface area (Å²) in [6, 6.07) is 10.2. The van der Waals surface area contributed by atoms with Gasteiger partial charge in [0, 0.05) is 10.1 Å². The van der Waals surface area contributed by atoms with Gasteiger partial charge in [0.05, 0.1) is 12.5 Å². The lowest BCUT2D eigenvalue weighted by molar-refractivity contribution is -0.148. The lowest BCUT2D eigenvalue weighted by atomic mass is 9.92. The lowest BCUT2D eigenvalue weighted by Crippen LogP contribution is -2.23. The zero-order valence-electron chi connectivity index (χ0n) is 11.7. The molecule has 0 spiro atoms.